The Morgan fingerprint density at radius 2 is 1.89 bits per heavy atom. The van der Waals surface area contributed by atoms with E-state index >= 15 is 0 Å². The van der Waals surface area contributed by atoms with Gasteiger partial charge in [-0.2, -0.15) is 0 Å². The summed E-state index contributed by atoms with van der Waals surface area (Å²) in [5.41, 5.74) is 2.43. The van der Waals surface area contributed by atoms with Gasteiger partial charge >= 0.3 is 5.97 Å². The molecule has 1 aliphatic heterocycles. The summed E-state index contributed by atoms with van der Waals surface area (Å²) in [6, 6.07) is 4.80. The van der Waals surface area contributed by atoms with E-state index in [0.29, 0.717) is 28.9 Å². The van der Waals surface area contributed by atoms with Gasteiger partial charge in [-0.15, -0.1) is 0 Å². The van der Waals surface area contributed by atoms with Gasteiger partial charge in [0.25, 0.3) is 0 Å². The number of ether oxygens (including phenoxy) is 1. The van der Waals surface area contributed by atoms with Gasteiger partial charge in [-0.25, -0.2) is 0 Å². The first-order chi connectivity index (χ1) is 17.6. The minimum atomic E-state index is -1.10. The predicted octanol–water partition coefficient (Wildman–Crippen LogP) is 2.70. The molecule has 4 aliphatic rings. The van der Waals surface area contributed by atoms with E-state index in [0.717, 1.165) is 10.5 Å². The molecule has 4 unspecified atom stereocenters. The first-order valence-electron chi connectivity index (χ1n) is 12.4. The van der Waals surface area contributed by atoms with Crippen LogP contribution in [-0.2, 0) is 24.0 Å². The number of hydrogen-bond acceptors (Lipinski definition) is 7. The van der Waals surface area contributed by atoms with E-state index in [9.17, 15) is 29.1 Å². The normalized spacial score (nSPS) is 26.9. The first kappa shape index (κ1) is 24.7. The maximum Gasteiger partial charge on any atom is 0.305 e. The predicted molar refractivity (Wildman–Crippen MR) is 130 cm³/mol. The van der Waals surface area contributed by atoms with Crippen LogP contribution >= 0.6 is 0 Å². The minimum absolute atomic E-state index is 0.0581. The molecule has 1 aromatic carbocycles. The molecule has 1 heterocycles. The number of Topliss-reactive ketones (excluding diaryl/α,β-unsaturated/α-hetero) is 1. The molecule has 1 aromatic rings. The number of imide groups is 1. The van der Waals surface area contributed by atoms with E-state index in [1.165, 1.54) is 12.1 Å². The number of carbonyl (C=O) groups is 5. The second kappa shape index (κ2) is 9.14. The molecule has 0 radical (unpaired) electrons. The molecule has 1 fully saturated rings. The number of amides is 2. The van der Waals surface area contributed by atoms with E-state index in [2.05, 4.69) is 0 Å². The van der Waals surface area contributed by atoms with Gasteiger partial charge in [0.1, 0.15) is 0 Å². The number of likely N-dealkylation sites (tertiary alicyclic amines) is 1. The van der Waals surface area contributed by atoms with E-state index < -0.39 is 41.5 Å². The number of ketones is 2. The molecule has 2 amide bonds. The van der Waals surface area contributed by atoms with E-state index in [-0.39, 0.29) is 48.9 Å². The lowest BCUT2D eigenvalue weighted by Crippen LogP contribution is -2.40. The second-order valence-electron chi connectivity index (χ2n) is 9.86. The number of hydrogen-bond donors (Lipinski definition) is 2. The highest BCUT2D eigenvalue weighted by Crippen LogP contribution is 2.55. The highest BCUT2D eigenvalue weighted by molar-refractivity contribution is 6.23. The summed E-state index contributed by atoms with van der Waals surface area (Å²) in [5.74, 6) is -4.81. The number of aliphatic carboxylic acids is 1. The largest absolute Gasteiger partial charge is 0.504 e. The van der Waals surface area contributed by atoms with Crippen molar-refractivity contribution in [2.75, 3.05) is 13.2 Å². The summed E-state index contributed by atoms with van der Waals surface area (Å²) in [6.45, 7) is 3.48. The molecule has 2 N–H and O–H groups in total. The molecule has 192 valence electrons. The van der Waals surface area contributed by atoms with Crippen LogP contribution in [0.2, 0.25) is 0 Å². The zero-order valence-corrected chi connectivity index (χ0v) is 20.5. The summed E-state index contributed by atoms with van der Waals surface area (Å²) >= 11 is 0. The third-order valence-corrected chi connectivity index (χ3v) is 7.82. The molecular weight excluding hydrogens is 478 g/mol. The van der Waals surface area contributed by atoms with Gasteiger partial charge in [0.15, 0.2) is 23.1 Å². The van der Waals surface area contributed by atoms with Crippen LogP contribution in [0, 0.1) is 17.8 Å². The Bertz CT molecular complexity index is 1350. The van der Waals surface area contributed by atoms with Gasteiger partial charge in [0.05, 0.1) is 24.9 Å². The molecule has 0 bridgehead atoms. The molecule has 1 saturated heterocycles. The maximum absolute atomic E-state index is 13.5. The summed E-state index contributed by atoms with van der Waals surface area (Å²) in [7, 11) is 0. The molecule has 5 rings (SSSR count). The SMILES string of the molecule is CCOc1cc(C2C3=CCC4C(=O)N(CCC(=O)O)C(=O)C4C3CC3=C2C(=O)C=C(C)C3=O)ccc1O. The third-order valence-electron chi connectivity index (χ3n) is 7.82. The molecule has 4 atom stereocenters. The summed E-state index contributed by atoms with van der Waals surface area (Å²) in [4.78, 5) is 65.2. The van der Waals surface area contributed by atoms with E-state index in [4.69, 9.17) is 9.84 Å². The van der Waals surface area contributed by atoms with Crippen LogP contribution in [0.4, 0.5) is 0 Å². The van der Waals surface area contributed by atoms with Crippen molar-refractivity contribution >= 4 is 29.4 Å². The number of nitrogens with zero attached hydrogens (tertiary/aromatic N) is 1. The molecule has 0 saturated carbocycles. The van der Waals surface area contributed by atoms with Crippen molar-refractivity contribution in [3.8, 4) is 11.5 Å². The van der Waals surface area contributed by atoms with Crippen LogP contribution in [0.25, 0.3) is 0 Å². The fraction of sp³-hybridized carbons (Fsp3) is 0.393. The average molecular weight is 506 g/mol. The zero-order valence-electron chi connectivity index (χ0n) is 20.5. The molecule has 9 nitrogen and oxygen atoms in total. The fourth-order valence-corrected chi connectivity index (χ4v) is 6.24. The van der Waals surface area contributed by atoms with Crippen molar-refractivity contribution in [2.24, 2.45) is 17.8 Å². The monoisotopic (exact) mass is 505 g/mol. The number of phenolic OH excluding ortho intramolecular Hbond substituents is 1. The summed E-state index contributed by atoms with van der Waals surface area (Å²) < 4.78 is 5.56. The average Bonchev–Trinajstić information content (AvgIpc) is 3.11. The van der Waals surface area contributed by atoms with E-state index in [1.54, 1.807) is 26.0 Å². The van der Waals surface area contributed by atoms with Gasteiger partial charge in [0, 0.05) is 29.2 Å². The fourth-order valence-electron chi connectivity index (χ4n) is 6.24. The summed E-state index contributed by atoms with van der Waals surface area (Å²) in [6.07, 6.45) is 3.31. The Balaban J connectivity index is 1.63. The summed E-state index contributed by atoms with van der Waals surface area (Å²) in [5, 5.41) is 19.3. The van der Waals surface area contributed by atoms with Gasteiger partial charge in [-0.05, 0) is 56.4 Å². The molecule has 0 aromatic heterocycles. The lowest BCUT2D eigenvalue weighted by Gasteiger charge is -2.42. The lowest BCUT2D eigenvalue weighted by molar-refractivity contribution is -0.142. The molecule has 37 heavy (non-hydrogen) atoms. The first-order valence-corrected chi connectivity index (χ1v) is 12.4. The maximum atomic E-state index is 13.5. The van der Waals surface area contributed by atoms with Crippen molar-refractivity contribution in [3.05, 3.63) is 58.2 Å². The van der Waals surface area contributed by atoms with Gasteiger partial charge in [-0.1, -0.05) is 17.7 Å². The van der Waals surface area contributed by atoms with Crippen LogP contribution in [0.1, 0.15) is 44.6 Å². The lowest BCUT2D eigenvalue weighted by atomic mass is 9.59. The van der Waals surface area contributed by atoms with Crippen molar-refractivity contribution < 1.29 is 38.9 Å². The molecular formula is C28H27NO8. The molecule has 0 spiro atoms. The Hall–Kier alpha value is -4.01. The highest BCUT2D eigenvalue weighted by atomic mass is 16.5. The number of fused-ring (bicyclic) bond motifs is 3. The Morgan fingerprint density at radius 1 is 1.14 bits per heavy atom. The molecule has 9 heteroatoms. The van der Waals surface area contributed by atoms with Crippen LogP contribution in [0.3, 0.4) is 0 Å². The standard InChI is InChI=1S/C28H27NO8/c1-3-37-21-11-14(4-7-19(21)30)23-15-5-6-16-24(28(36)29(27(16)35)9-8-22(32)33)17(15)12-18-25(23)20(31)10-13(2)26(18)34/h4-5,7,10-11,16-17,23-24,30H,3,6,8-9,12H2,1-2H3,(H,32,33). The number of carboxylic acids is 1. The van der Waals surface area contributed by atoms with Gasteiger partial charge < -0.3 is 14.9 Å². The van der Waals surface area contributed by atoms with Gasteiger partial charge in [-0.3, -0.25) is 28.9 Å². The zero-order chi connectivity index (χ0) is 26.6. The topological polar surface area (TPSA) is 138 Å². The minimum Gasteiger partial charge on any atom is -0.504 e. The second-order valence-corrected chi connectivity index (χ2v) is 9.86. The number of carbonyl (C=O) groups excluding carboxylic acids is 4. The number of carboxylic acid groups (broad SMARTS) is 1. The van der Waals surface area contributed by atoms with E-state index in [1.807, 2.05) is 6.08 Å². The number of phenols is 1. The van der Waals surface area contributed by atoms with Crippen molar-refractivity contribution in [1.82, 2.24) is 4.90 Å². The van der Waals surface area contributed by atoms with Crippen LogP contribution < -0.4 is 4.74 Å². The third kappa shape index (κ3) is 3.89. The Kier molecular flexibility index (Phi) is 6.09. The smallest absolute Gasteiger partial charge is 0.305 e. The number of rotatable bonds is 6. The molecule has 3 aliphatic carbocycles. The van der Waals surface area contributed by atoms with Crippen LogP contribution in [-0.4, -0.2) is 57.6 Å². The Morgan fingerprint density at radius 3 is 2.59 bits per heavy atom. The van der Waals surface area contributed by atoms with Crippen molar-refractivity contribution in [2.45, 2.75) is 39.0 Å². The number of aromatic hydroxyl groups is 1. The highest BCUT2D eigenvalue weighted by Gasteiger charge is 2.56. The van der Waals surface area contributed by atoms with Crippen LogP contribution in [0.5, 0.6) is 11.5 Å². The number of allylic oxidation sites excluding steroid dienone is 6. The quantitative estimate of drug-likeness (QED) is 0.342. The van der Waals surface area contributed by atoms with Crippen LogP contribution in [0.15, 0.2) is 52.6 Å². The van der Waals surface area contributed by atoms with Crippen molar-refractivity contribution in [3.63, 3.8) is 0 Å². The Labute approximate surface area is 213 Å². The van der Waals surface area contributed by atoms with Crippen molar-refractivity contribution in [1.29, 1.82) is 0 Å². The number of benzene rings is 1. The van der Waals surface area contributed by atoms with Gasteiger partial charge in [0.2, 0.25) is 11.8 Å².